The third kappa shape index (κ3) is 4.24. The minimum Gasteiger partial charge on any atom is -0.465 e. The fraction of sp³-hybridized carbons (Fsp3) is 0.720. The van der Waals surface area contributed by atoms with Crippen molar-refractivity contribution in [3.05, 3.63) is 25.3 Å². The minimum atomic E-state index is -1.18. The van der Waals surface area contributed by atoms with E-state index in [4.69, 9.17) is 9.47 Å². The standard InChI is InChI=1S/C25H37BrN2O6/c1-7-10-12-33-23(32)17-18-21(30)28(15(9-3)14-29)20(25(18)13-16(26)19(17)34-25)22(31)27(11-8-2)24(4,5)6/h7-8,15-20,29H,1-2,9-14H2,3-6H3/t15-,16?,17+,18-,19+,20?,25?/m0/s1. The second-order valence-electron chi connectivity index (χ2n) is 10.3. The number of nitrogens with zero attached hydrogens (tertiary/aromatic N) is 2. The molecule has 7 atom stereocenters. The number of rotatable bonds is 10. The molecule has 1 N–H and O–H groups in total. The van der Waals surface area contributed by atoms with Crippen LogP contribution in [0.4, 0.5) is 0 Å². The largest absolute Gasteiger partial charge is 0.465 e. The van der Waals surface area contributed by atoms with Crippen molar-refractivity contribution < 1.29 is 29.0 Å². The third-order valence-electron chi connectivity index (χ3n) is 7.26. The Morgan fingerprint density at radius 2 is 2.06 bits per heavy atom. The van der Waals surface area contributed by atoms with E-state index in [9.17, 15) is 19.5 Å². The van der Waals surface area contributed by atoms with Gasteiger partial charge in [-0.3, -0.25) is 14.4 Å². The van der Waals surface area contributed by atoms with Gasteiger partial charge in [-0.1, -0.05) is 35.0 Å². The molecule has 8 nitrogen and oxygen atoms in total. The van der Waals surface area contributed by atoms with E-state index < -0.39 is 47.1 Å². The van der Waals surface area contributed by atoms with Crippen molar-refractivity contribution in [2.45, 2.75) is 81.1 Å². The Morgan fingerprint density at radius 3 is 2.59 bits per heavy atom. The molecule has 3 saturated heterocycles. The van der Waals surface area contributed by atoms with Gasteiger partial charge in [0.15, 0.2) is 0 Å². The second kappa shape index (κ2) is 10.1. The lowest BCUT2D eigenvalue weighted by molar-refractivity contribution is -0.157. The molecule has 190 valence electrons. The summed E-state index contributed by atoms with van der Waals surface area (Å²) >= 11 is 3.64. The number of carbonyl (C=O) groups excluding carboxylic acids is 3. The molecule has 9 heteroatoms. The SMILES string of the molecule is C=CCCOC(=O)[C@H]1[C@@H]2OC3(CC2Br)C(C(=O)N(CC=C)C(C)(C)C)N([C@@H](CC)CO)C(=O)[C@H]13. The Labute approximate surface area is 210 Å². The van der Waals surface area contributed by atoms with E-state index in [1.165, 1.54) is 4.90 Å². The van der Waals surface area contributed by atoms with E-state index in [0.29, 0.717) is 25.8 Å². The number of aliphatic hydroxyl groups excluding tert-OH is 1. The lowest BCUT2D eigenvalue weighted by atomic mass is 9.70. The molecule has 0 radical (unpaired) electrons. The number of halogens is 1. The number of amides is 2. The number of likely N-dealkylation sites (tertiary alicyclic amines) is 1. The molecule has 0 aliphatic carbocycles. The molecule has 3 fully saturated rings. The maximum Gasteiger partial charge on any atom is 0.312 e. The van der Waals surface area contributed by atoms with Gasteiger partial charge in [0.05, 0.1) is 37.2 Å². The zero-order valence-electron chi connectivity index (χ0n) is 20.5. The van der Waals surface area contributed by atoms with Gasteiger partial charge < -0.3 is 24.4 Å². The van der Waals surface area contributed by atoms with Crippen LogP contribution >= 0.6 is 15.9 Å². The molecule has 3 unspecified atom stereocenters. The zero-order valence-corrected chi connectivity index (χ0v) is 22.1. The Bertz CT molecular complexity index is 838. The first-order valence-electron chi connectivity index (χ1n) is 11.9. The predicted octanol–water partition coefficient (Wildman–Crippen LogP) is 2.44. The summed E-state index contributed by atoms with van der Waals surface area (Å²) in [7, 11) is 0. The van der Waals surface area contributed by atoms with Crippen molar-refractivity contribution in [3.63, 3.8) is 0 Å². The Morgan fingerprint density at radius 1 is 1.38 bits per heavy atom. The van der Waals surface area contributed by atoms with Crippen molar-refractivity contribution in [3.8, 4) is 0 Å². The van der Waals surface area contributed by atoms with Crippen LogP contribution in [0.15, 0.2) is 25.3 Å². The lowest BCUT2D eigenvalue weighted by Crippen LogP contribution is -2.61. The maximum absolute atomic E-state index is 14.2. The van der Waals surface area contributed by atoms with Gasteiger partial charge in [-0.05, 0) is 40.0 Å². The van der Waals surface area contributed by atoms with E-state index >= 15 is 0 Å². The fourth-order valence-electron chi connectivity index (χ4n) is 5.73. The van der Waals surface area contributed by atoms with Gasteiger partial charge in [-0.25, -0.2) is 0 Å². The van der Waals surface area contributed by atoms with Crippen LogP contribution in [0.25, 0.3) is 0 Å². The summed E-state index contributed by atoms with van der Waals surface area (Å²) in [5, 5.41) is 10.1. The molecular weight excluding hydrogens is 504 g/mol. The summed E-state index contributed by atoms with van der Waals surface area (Å²) in [5.74, 6) is -2.77. The molecule has 0 saturated carbocycles. The minimum absolute atomic E-state index is 0.170. The van der Waals surface area contributed by atoms with Gasteiger partial charge in [-0.15, -0.1) is 13.2 Å². The van der Waals surface area contributed by atoms with Crippen LogP contribution < -0.4 is 0 Å². The summed E-state index contributed by atoms with van der Waals surface area (Å²) in [5.41, 5.74) is -1.72. The highest BCUT2D eigenvalue weighted by Gasteiger charge is 2.77. The smallest absolute Gasteiger partial charge is 0.312 e. The maximum atomic E-state index is 14.2. The number of ether oxygens (including phenoxy) is 2. The van der Waals surface area contributed by atoms with Crippen LogP contribution in [0.3, 0.4) is 0 Å². The number of aliphatic hydroxyl groups is 1. The number of hydrogen-bond acceptors (Lipinski definition) is 6. The van der Waals surface area contributed by atoms with Crippen molar-refractivity contribution in [1.82, 2.24) is 9.80 Å². The van der Waals surface area contributed by atoms with Crippen LogP contribution in [0.5, 0.6) is 0 Å². The van der Waals surface area contributed by atoms with Gasteiger partial charge in [0.2, 0.25) is 11.8 Å². The molecule has 0 aromatic carbocycles. The van der Waals surface area contributed by atoms with E-state index in [2.05, 4.69) is 29.1 Å². The normalized spacial score (nSPS) is 32.9. The van der Waals surface area contributed by atoms with Crippen LogP contribution in [0.1, 0.15) is 47.0 Å². The van der Waals surface area contributed by atoms with Gasteiger partial charge in [0.25, 0.3) is 0 Å². The lowest BCUT2D eigenvalue weighted by Gasteiger charge is -2.43. The highest BCUT2D eigenvalue weighted by Crippen LogP contribution is 2.60. The Balaban J connectivity index is 2.10. The van der Waals surface area contributed by atoms with Gasteiger partial charge in [0, 0.05) is 16.9 Å². The average Bonchev–Trinajstić information content (AvgIpc) is 3.36. The monoisotopic (exact) mass is 540 g/mol. The van der Waals surface area contributed by atoms with E-state index in [-0.39, 0.29) is 29.9 Å². The molecule has 3 aliphatic rings. The summed E-state index contributed by atoms with van der Waals surface area (Å²) < 4.78 is 11.9. The van der Waals surface area contributed by atoms with Crippen molar-refractivity contribution in [2.24, 2.45) is 11.8 Å². The molecule has 1 spiro atoms. The average molecular weight is 541 g/mol. The fourth-order valence-corrected chi connectivity index (χ4v) is 6.68. The van der Waals surface area contributed by atoms with Gasteiger partial charge in [0.1, 0.15) is 11.6 Å². The van der Waals surface area contributed by atoms with Crippen LogP contribution in [0, 0.1) is 11.8 Å². The molecule has 2 amide bonds. The van der Waals surface area contributed by atoms with E-state index in [1.54, 1.807) is 17.1 Å². The summed E-state index contributed by atoms with van der Waals surface area (Å²) in [6.07, 6.45) is 4.11. The van der Waals surface area contributed by atoms with Crippen molar-refractivity contribution >= 4 is 33.7 Å². The third-order valence-corrected chi connectivity index (χ3v) is 8.11. The number of hydrogen-bond donors (Lipinski definition) is 1. The van der Waals surface area contributed by atoms with Crippen molar-refractivity contribution in [1.29, 1.82) is 0 Å². The number of carbonyl (C=O) groups is 3. The predicted molar refractivity (Wildman–Crippen MR) is 131 cm³/mol. The number of fused-ring (bicyclic) bond motifs is 1. The van der Waals surface area contributed by atoms with Crippen molar-refractivity contribution in [2.75, 3.05) is 19.8 Å². The quantitative estimate of drug-likeness (QED) is 0.198. The topological polar surface area (TPSA) is 96.4 Å². The molecule has 0 aromatic rings. The molecule has 2 bridgehead atoms. The van der Waals surface area contributed by atoms with Gasteiger partial charge in [-0.2, -0.15) is 0 Å². The van der Waals surface area contributed by atoms with Crippen LogP contribution in [0.2, 0.25) is 0 Å². The Hall–Kier alpha value is -1.71. The van der Waals surface area contributed by atoms with Crippen LogP contribution in [-0.4, -0.2) is 86.6 Å². The number of alkyl halides is 1. The van der Waals surface area contributed by atoms with E-state index in [0.717, 1.165) is 0 Å². The summed E-state index contributed by atoms with van der Waals surface area (Å²) in [4.78, 5) is 44.2. The molecule has 0 aromatic heterocycles. The molecule has 3 heterocycles. The first-order valence-corrected chi connectivity index (χ1v) is 12.9. The second-order valence-corrected chi connectivity index (χ2v) is 11.5. The first-order chi connectivity index (χ1) is 16.0. The summed E-state index contributed by atoms with van der Waals surface area (Å²) in [6.45, 7) is 15.3. The number of esters is 1. The highest BCUT2D eigenvalue weighted by atomic mass is 79.9. The van der Waals surface area contributed by atoms with Gasteiger partial charge >= 0.3 is 5.97 Å². The first kappa shape index (κ1) is 26.9. The van der Waals surface area contributed by atoms with E-state index in [1.807, 2.05) is 27.7 Å². The zero-order chi connectivity index (χ0) is 25.4. The molecule has 3 aliphatic heterocycles. The summed E-state index contributed by atoms with van der Waals surface area (Å²) in [6, 6.07) is -1.53. The van der Waals surface area contributed by atoms with Crippen LogP contribution in [-0.2, 0) is 23.9 Å². The highest BCUT2D eigenvalue weighted by molar-refractivity contribution is 9.09. The Kier molecular flexibility index (Phi) is 7.99. The molecular formula is C25H37BrN2O6. The molecule has 34 heavy (non-hydrogen) atoms. The molecule has 3 rings (SSSR count).